The van der Waals surface area contributed by atoms with Crippen molar-refractivity contribution in [2.45, 2.75) is 39.7 Å². The summed E-state index contributed by atoms with van der Waals surface area (Å²) in [6, 6.07) is -0.0787. The van der Waals surface area contributed by atoms with E-state index in [0.717, 1.165) is 19.0 Å². The lowest BCUT2D eigenvalue weighted by Crippen LogP contribution is -2.43. The van der Waals surface area contributed by atoms with Crippen LogP contribution in [-0.2, 0) is 4.79 Å². The highest BCUT2D eigenvalue weighted by Crippen LogP contribution is 2.14. The average molecular weight is 241 g/mol. The second-order valence-corrected chi connectivity index (χ2v) is 5.49. The zero-order valence-corrected chi connectivity index (χ0v) is 11.4. The van der Waals surface area contributed by atoms with Gasteiger partial charge in [0, 0.05) is 31.6 Å². The number of nitrogens with two attached hydrogens (primary N) is 1. The second-order valence-electron chi connectivity index (χ2n) is 5.49. The number of carbonyl (C=O) groups excluding carboxylic acids is 1. The minimum absolute atomic E-state index is 0.0741. The highest BCUT2D eigenvalue weighted by molar-refractivity contribution is 5.78. The summed E-state index contributed by atoms with van der Waals surface area (Å²) in [6.07, 6.45) is 2.62. The smallest absolute Gasteiger partial charge is 0.224 e. The van der Waals surface area contributed by atoms with Crippen LogP contribution in [0.5, 0.6) is 0 Å². The van der Waals surface area contributed by atoms with Gasteiger partial charge in [0.2, 0.25) is 5.91 Å². The van der Waals surface area contributed by atoms with Crippen LogP contribution in [-0.4, -0.2) is 43.0 Å². The molecule has 1 heterocycles. The number of rotatable bonds is 5. The molecule has 0 spiro atoms. The maximum absolute atomic E-state index is 11.7. The molecule has 1 aliphatic rings. The standard InChI is InChI=1S/C13H27N3O/c1-10-5-4-7-16(9-10)8-6-15-13(17)11(2)12(3)14/h10-12H,4-9,14H2,1-3H3,(H,15,17). The van der Waals surface area contributed by atoms with Crippen molar-refractivity contribution in [1.82, 2.24) is 10.2 Å². The summed E-state index contributed by atoms with van der Waals surface area (Å²) < 4.78 is 0. The van der Waals surface area contributed by atoms with Crippen molar-refractivity contribution in [3.8, 4) is 0 Å². The minimum atomic E-state index is -0.102. The summed E-state index contributed by atoms with van der Waals surface area (Å²) in [6.45, 7) is 10.1. The van der Waals surface area contributed by atoms with Gasteiger partial charge in [0.15, 0.2) is 0 Å². The van der Waals surface area contributed by atoms with E-state index in [1.165, 1.54) is 25.9 Å². The van der Waals surface area contributed by atoms with Crippen LogP contribution in [0.15, 0.2) is 0 Å². The molecule has 3 unspecified atom stereocenters. The first-order valence-electron chi connectivity index (χ1n) is 6.76. The Kier molecular flexibility index (Phi) is 5.92. The summed E-state index contributed by atoms with van der Waals surface area (Å²) in [7, 11) is 0. The zero-order chi connectivity index (χ0) is 12.8. The summed E-state index contributed by atoms with van der Waals surface area (Å²) in [4.78, 5) is 14.1. The van der Waals surface area contributed by atoms with Crippen molar-refractivity contribution in [2.75, 3.05) is 26.2 Å². The largest absolute Gasteiger partial charge is 0.355 e. The lowest BCUT2D eigenvalue weighted by atomic mass is 10.0. The Hall–Kier alpha value is -0.610. The van der Waals surface area contributed by atoms with E-state index >= 15 is 0 Å². The molecule has 1 saturated heterocycles. The molecule has 1 fully saturated rings. The Morgan fingerprint density at radius 1 is 1.53 bits per heavy atom. The lowest BCUT2D eigenvalue weighted by Gasteiger charge is -2.30. The predicted molar refractivity (Wildman–Crippen MR) is 70.7 cm³/mol. The minimum Gasteiger partial charge on any atom is -0.355 e. The molecule has 1 rings (SSSR count). The molecule has 100 valence electrons. The first-order valence-corrected chi connectivity index (χ1v) is 6.76. The van der Waals surface area contributed by atoms with Crippen LogP contribution in [0.2, 0.25) is 0 Å². The lowest BCUT2D eigenvalue weighted by molar-refractivity contribution is -0.125. The van der Waals surface area contributed by atoms with Crippen LogP contribution in [0, 0.1) is 11.8 Å². The maximum Gasteiger partial charge on any atom is 0.224 e. The molecule has 17 heavy (non-hydrogen) atoms. The van der Waals surface area contributed by atoms with Gasteiger partial charge in [-0.2, -0.15) is 0 Å². The molecule has 4 nitrogen and oxygen atoms in total. The number of amides is 1. The van der Waals surface area contributed by atoms with Crippen molar-refractivity contribution in [2.24, 2.45) is 17.6 Å². The van der Waals surface area contributed by atoms with Gasteiger partial charge in [0.05, 0.1) is 0 Å². The van der Waals surface area contributed by atoms with Crippen molar-refractivity contribution < 1.29 is 4.79 Å². The van der Waals surface area contributed by atoms with Gasteiger partial charge in [0.1, 0.15) is 0 Å². The van der Waals surface area contributed by atoms with Crippen LogP contribution >= 0.6 is 0 Å². The fourth-order valence-electron chi connectivity index (χ4n) is 2.23. The SMILES string of the molecule is CC1CCCN(CCNC(=O)C(C)C(C)N)C1. The Morgan fingerprint density at radius 3 is 2.82 bits per heavy atom. The van der Waals surface area contributed by atoms with Gasteiger partial charge in [-0.3, -0.25) is 4.79 Å². The van der Waals surface area contributed by atoms with Crippen molar-refractivity contribution in [3.63, 3.8) is 0 Å². The summed E-state index contributed by atoms with van der Waals surface area (Å²) in [5.41, 5.74) is 5.70. The number of carbonyl (C=O) groups is 1. The van der Waals surface area contributed by atoms with Gasteiger partial charge in [-0.15, -0.1) is 0 Å². The number of hydrogen-bond acceptors (Lipinski definition) is 3. The predicted octanol–water partition coefficient (Wildman–Crippen LogP) is 0.818. The van der Waals surface area contributed by atoms with Crippen LogP contribution < -0.4 is 11.1 Å². The van der Waals surface area contributed by atoms with Gasteiger partial charge < -0.3 is 16.0 Å². The molecule has 3 atom stereocenters. The van der Waals surface area contributed by atoms with Gasteiger partial charge in [0.25, 0.3) is 0 Å². The molecule has 1 aliphatic heterocycles. The molecule has 3 N–H and O–H groups in total. The zero-order valence-electron chi connectivity index (χ0n) is 11.4. The monoisotopic (exact) mass is 241 g/mol. The maximum atomic E-state index is 11.7. The molecular formula is C13H27N3O. The van der Waals surface area contributed by atoms with Crippen molar-refractivity contribution in [3.05, 3.63) is 0 Å². The van der Waals surface area contributed by atoms with E-state index in [1.54, 1.807) is 0 Å². The fourth-order valence-corrected chi connectivity index (χ4v) is 2.23. The van der Waals surface area contributed by atoms with Crippen molar-refractivity contribution in [1.29, 1.82) is 0 Å². The van der Waals surface area contributed by atoms with E-state index in [9.17, 15) is 4.79 Å². The Balaban J connectivity index is 2.16. The molecule has 0 radical (unpaired) electrons. The third-order valence-electron chi connectivity index (χ3n) is 3.67. The third-order valence-corrected chi connectivity index (χ3v) is 3.67. The quantitative estimate of drug-likeness (QED) is 0.749. The number of nitrogens with one attached hydrogen (secondary N) is 1. The summed E-state index contributed by atoms with van der Waals surface area (Å²) in [5, 5.41) is 2.97. The first-order chi connectivity index (χ1) is 8.00. The topological polar surface area (TPSA) is 58.4 Å². The van der Waals surface area contributed by atoms with Crippen LogP contribution in [0.4, 0.5) is 0 Å². The number of likely N-dealkylation sites (tertiary alicyclic amines) is 1. The van der Waals surface area contributed by atoms with Crippen LogP contribution in [0.25, 0.3) is 0 Å². The number of nitrogens with zero attached hydrogens (tertiary/aromatic N) is 1. The normalized spacial score (nSPS) is 25.3. The van der Waals surface area contributed by atoms with E-state index in [2.05, 4.69) is 17.1 Å². The second kappa shape index (κ2) is 6.97. The van der Waals surface area contributed by atoms with Gasteiger partial charge in [-0.1, -0.05) is 13.8 Å². The van der Waals surface area contributed by atoms with E-state index < -0.39 is 0 Å². The Bertz CT molecular complexity index is 243. The Morgan fingerprint density at radius 2 is 2.24 bits per heavy atom. The fraction of sp³-hybridized carbons (Fsp3) is 0.923. The van der Waals surface area contributed by atoms with Gasteiger partial charge in [-0.05, 0) is 32.2 Å². The highest BCUT2D eigenvalue weighted by atomic mass is 16.1. The number of piperidine rings is 1. The first kappa shape index (κ1) is 14.5. The van der Waals surface area contributed by atoms with Crippen LogP contribution in [0.3, 0.4) is 0 Å². The summed E-state index contributed by atoms with van der Waals surface area (Å²) in [5.74, 6) is 0.766. The molecule has 0 bridgehead atoms. The molecular weight excluding hydrogens is 214 g/mol. The summed E-state index contributed by atoms with van der Waals surface area (Å²) >= 11 is 0. The molecule has 0 aromatic carbocycles. The molecule has 4 heteroatoms. The molecule has 0 aromatic rings. The molecule has 1 amide bonds. The molecule has 0 saturated carbocycles. The van der Waals surface area contributed by atoms with E-state index in [1.807, 2.05) is 13.8 Å². The van der Waals surface area contributed by atoms with E-state index in [-0.39, 0.29) is 17.9 Å². The van der Waals surface area contributed by atoms with Crippen LogP contribution in [0.1, 0.15) is 33.6 Å². The van der Waals surface area contributed by atoms with Crippen molar-refractivity contribution >= 4 is 5.91 Å². The highest BCUT2D eigenvalue weighted by Gasteiger charge is 2.18. The van der Waals surface area contributed by atoms with Gasteiger partial charge >= 0.3 is 0 Å². The molecule has 0 aromatic heterocycles. The van der Waals surface area contributed by atoms with E-state index in [4.69, 9.17) is 5.73 Å². The Labute approximate surface area is 105 Å². The number of hydrogen-bond donors (Lipinski definition) is 2. The molecule has 0 aliphatic carbocycles. The average Bonchev–Trinajstić information content (AvgIpc) is 2.27. The van der Waals surface area contributed by atoms with E-state index in [0.29, 0.717) is 0 Å². The third kappa shape index (κ3) is 5.04. The van der Waals surface area contributed by atoms with Gasteiger partial charge in [-0.25, -0.2) is 0 Å².